The van der Waals surface area contributed by atoms with Crippen LogP contribution in [0, 0.1) is 10.8 Å². The fraction of sp³-hybridized carbons (Fsp3) is 1.00. The van der Waals surface area contributed by atoms with Crippen LogP contribution in [0.15, 0.2) is 0 Å². The van der Waals surface area contributed by atoms with Gasteiger partial charge >= 0.3 is 29.6 Å². The maximum Gasteiger partial charge on any atom is 1.00 e. The molecule has 1 N–H and O–H groups in total. The fourth-order valence-corrected chi connectivity index (χ4v) is 1.20. The van der Waals surface area contributed by atoms with E-state index in [9.17, 15) is 0 Å². The summed E-state index contributed by atoms with van der Waals surface area (Å²) < 4.78 is 9.90. The van der Waals surface area contributed by atoms with E-state index in [0.717, 1.165) is 33.5 Å². The molecule has 98 valence electrons. The first-order valence-electron chi connectivity index (χ1n) is 5.71. The quantitative estimate of drug-likeness (QED) is 0.552. The Balaban J connectivity index is 0. The molecular weight excluding hydrogens is 231 g/mol. The van der Waals surface area contributed by atoms with Crippen molar-refractivity contribution in [2.45, 2.75) is 27.2 Å². The van der Waals surface area contributed by atoms with E-state index in [1.807, 2.05) is 6.92 Å². The SMILES string of the molecule is CC1(CO)COC1.CCC1(C)COC1.C[O-].[Na+]. The van der Waals surface area contributed by atoms with Crippen molar-refractivity contribution in [1.29, 1.82) is 0 Å². The van der Waals surface area contributed by atoms with Crippen LogP contribution in [0.25, 0.3) is 0 Å². The second kappa shape index (κ2) is 9.73. The molecule has 0 spiro atoms. The number of aliphatic hydroxyl groups is 1. The van der Waals surface area contributed by atoms with Gasteiger partial charge in [0.15, 0.2) is 0 Å². The van der Waals surface area contributed by atoms with Gasteiger partial charge in [0, 0.05) is 10.8 Å². The van der Waals surface area contributed by atoms with Gasteiger partial charge in [-0.05, 0) is 6.42 Å². The number of hydrogen-bond acceptors (Lipinski definition) is 4. The van der Waals surface area contributed by atoms with Gasteiger partial charge in [0.05, 0.1) is 33.0 Å². The zero-order valence-electron chi connectivity index (χ0n) is 11.9. The molecule has 2 rings (SSSR count). The smallest absolute Gasteiger partial charge is 0.857 e. The Morgan fingerprint density at radius 1 is 1.00 bits per heavy atom. The van der Waals surface area contributed by atoms with E-state index in [-0.39, 0.29) is 41.6 Å². The van der Waals surface area contributed by atoms with Gasteiger partial charge in [-0.15, -0.1) is 0 Å². The van der Waals surface area contributed by atoms with E-state index < -0.39 is 0 Å². The molecule has 0 radical (unpaired) electrons. The molecule has 0 unspecified atom stereocenters. The monoisotopic (exact) mass is 256 g/mol. The Hall–Kier alpha value is 0.840. The number of ether oxygens (including phenoxy) is 2. The zero-order chi connectivity index (χ0) is 12.7. The molecule has 2 heterocycles. The maximum atomic E-state index is 8.57. The van der Waals surface area contributed by atoms with E-state index in [1.54, 1.807) is 0 Å². The Bertz CT molecular complexity index is 148. The summed E-state index contributed by atoms with van der Waals surface area (Å²) in [4.78, 5) is 0. The molecule has 0 aromatic heterocycles. The van der Waals surface area contributed by atoms with Crippen LogP contribution in [0.5, 0.6) is 0 Å². The van der Waals surface area contributed by atoms with E-state index in [2.05, 4.69) is 13.8 Å². The van der Waals surface area contributed by atoms with Crippen LogP contribution in [0.2, 0.25) is 0 Å². The van der Waals surface area contributed by atoms with E-state index >= 15 is 0 Å². The molecule has 2 saturated heterocycles. The van der Waals surface area contributed by atoms with E-state index in [1.165, 1.54) is 6.42 Å². The molecular formula is C12H25NaO4. The Kier molecular flexibility index (Phi) is 11.5. The summed E-state index contributed by atoms with van der Waals surface area (Å²) in [6.45, 7) is 10.1. The Morgan fingerprint density at radius 2 is 1.35 bits per heavy atom. The standard InChI is InChI=1S/C6H12O.C5H10O2.CH3O.Na/c1-3-6(2)4-7-5-6;1-5(2-6)3-7-4-5;1-2;/h3-5H2,1-2H3;6H,2-4H2,1H3;1H3;/q;;-1;+1. The molecule has 0 aliphatic carbocycles. The molecule has 2 aliphatic heterocycles. The zero-order valence-corrected chi connectivity index (χ0v) is 13.9. The molecule has 4 nitrogen and oxygen atoms in total. The molecule has 0 aromatic rings. The van der Waals surface area contributed by atoms with Crippen LogP contribution in [0.1, 0.15) is 27.2 Å². The van der Waals surface area contributed by atoms with Gasteiger partial charge in [-0.1, -0.05) is 20.8 Å². The average molecular weight is 256 g/mol. The minimum atomic E-state index is 0. The van der Waals surface area contributed by atoms with Crippen molar-refractivity contribution in [3.63, 3.8) is 0 Å². The summed E-state index contributed by atoms with van der Waals surface area (Å²) in [6.07, 6.45) is 1.26. The fourth-order valence-electron chi connectivity index (χ4n) is 1.20. The van der Waals surface area contributed by atoms with Crippen LogP contribution >= 0.6 is 0 Å². The molecule has 0 bridgehead atoms. The van der Waals surface area contributed by atoms with Crippen molar-refractivity contribution in [3.05, 3.63) is 0 Å². The van der Waals surface area contributed by atoms with Crippen molar-refractivity contribution in [1.82, 2.24) is 0 Å². The van der Waals surface area contributed by atoms with Gasteiger partial charge in [-0.2, -0.15) is 7.11 Å². The van der Waals surface area contributed by atoms with Crippen molar-refractivity contribution < 1.29 is 49.2 Å². The van der Waals surface area contributed by atoms with Crippen LogP contribution in [-0.2, 0) is 9.47 Å². The topological polar surface area (TPSA) is 61.8 Å². The summed E-state index contributed by atoms with van der Waals surface area (Å²) in [5.41, 5.74) is 0.639. The Labute approximate surface area is 127 Å². The first-order chi connectivity index (χ1) is 7.54. The molecule has 0 amide bonds. The van der Waals surface area contributed by atoms with Crippen molar-refractivity contribution in [3.8, 4) is 0 Å². The second-order valence-electron chi connectivity index (χ2n) is 5.12. The molecule has 0 atom stereocenters. The predicted molar refractivity (Wildman–Crippen MR) is 61.2 cm³/mol. The van der Waals surface area contributed by atoms with Crippen molar-refractivity contribution in [2.24, 2.45) is 10.8 Å². The third-order valence-corrected chi connectivity index (χ3v) is 3.04. The number of hydrogen-bond donors (Lipinski definition) is 1. The van der Waals surface area contributed by atoms with Gasteiger partial charge in [-0.3, -0.25) is 0 Å². The van der Waals surface area contributed by atoms with Crippen LogP contribution in [0.4, 0.5) is 0 Å². The normalized spacial score (nSPS) is 22.2. The largest absolute Gasteiger partial charge is 1.00 e. The molecule has 2 aliphatic rings. The minimum Gasteiger partial charge on any atom is -0.857 e. The Morgan fingerprint density at radius 3 is 1.35 bits per heavy atom. The maximum absolute atomic E-state index is 8.57. The predicted octanol–water partition coefficient (Wildman–Crippen LogP) is -2.57. The van der Waals surface area contributed by atoms with Crippen LogP contribution in [-0.4, -0.2) is 45.3 Å². The van der Waals surface area contributed by atoms with Gasteiger partial charge in [0.1, 0.15) is 0 Å². The van der Waals surface area contributed by atoms with E-state index in [4.69, 9.17) is 19.7 Å². The minimum absolute atomic E-state index is 0. The third-order valence-electron chi connectivity index (χ3n) is 3.04. The molecule has 0 saturated carbocycles. The van der Waals surface area contributed by atoms with Crippen LogP contribution < -0.4 is 34.7 Å². The first kappa shape index (κ1) is 20.2. The second-order valence-corrected chi connectivity index (χ2v) is 5.12. The van der Waals surface area contributed by atoms with Crippen LogP contribution in [0.3, 0.4) is 0 Å². The average Bonchev–Trinajstić information content (AvgIpc) is 2.26. The van der Waals surface area contributed by atoms with Crippen molar-refractivity contribution in [2.75, 3.05) is 40.1 Å². The van der Waals surface area contributed by atoms with Crippen molar-refractivity contribution >= 4 is 0 Å². The number of aliphatic hydroxyl groups excluding tert-OH is 1. The summed E-state index contributed by atoms with van der Waals surface area (Å²) in [6, 6.07) is 0. The summed E-state index contributed by atoms with van der Waals surface area (Å²) in [7, 11) is 0.750. The molecule has 0 aromatic carbocycles. The van der Waals surface area contributed by atoms with Gasteiger partial charge in [0.25, 0.3) is 0 Å². The summed E-state index contributed by atoms with van der Waals surface area (Å²) in [5, 5.41) is 16.8. The number of rotatable bonds is 2. The molecule has 5 heteroatoms. The van der Waals surface area contributed by atoms with Gasteiger partial charge < -0.3 is 19.7 Å². The summed E-state index contributed by atoms with van der Waals surface area (Å²) in [5.74, 6) is 0. The molecule has 17 heavy (non-hydrogen) atoms. The molecule has 2 fully saturated rings. The first-order valence-corrected chi connectivity index (χ1v) is 5.71. The summed E-state index contributed by atoms with van der Waals surface area (Å²) >= 11 is 0. The van der Waals surface area contributed by atoms with Gasteiger partial charge in [0.2, 0.25) is 0 Å². The van der Waals surface area contributed by atoms with Gasteiger partial charge in [-0.25, -0.2) is 0 Å². The third kappa shape index (κ3) is 7.11. The van der Waals surface area contributed by atoms with E-state index in [0.29, 0.717) is 5.41 Å².